The molecule has 0 spiro atoms. The highest BCUT2D eigenvalue weighted by Crippen LogP contribution is 2.26. The first kappa shape index (κ1) is 9.44. The zero-order valence-electron chi connectivity index (χ0n) is 8.79. The Kier molecular flexibility index (Phi) is 2.40. The average Bonchev–Trinajstić information content (AvgIpc) is 2.73. The molecule has 0 aromatic carbocycles. The van der Waals surface area contributed by atoms with Crippen molar-refractivity contribution >= 4 is 5.91 Å². The molecular weight excluding hydrogens is 176 g/mol. The first-order chi connectivity index (χ1) is 6.68. The lowest BCUT2D eigenvalue weighted by Gasteiger charge is -2.08. The highest BCUT2D eigenvalue weighted by molar-refractivity contribution is 5.81. The molecule has 1 fully saturated rings. The predicted octanol–water partition coefficient (Wildman–Crippen LogP) is 2.33. The Morgan fingerprint density at radius 3 is 2.57 bits per heavy atom. The Bertz CT molecular complexity index is 348. The van der Waals surface area contributed by atoms with E-state index in [2.05, 4.69) is 5.10 Å². The Labute approximate surface area is 84.1 Å². The summed E-state index contributed by atoms with van der Waals surface area (Å²) in [5.41, 5.74) is 1.88. The van der Waals surface area contributed by atoms with Gasteiger partial charge in [-0.25, -0.2) is 4.68 Å². The summed E-state index contributed by atoms with van der Waals surface area (Å²) < 4.78 is 1.57. The van der Waals surface area contributed by atoms with Gasteiger partial charge in [0.1, 0.15) is 0 Å². The molecule has 1 aliphatic rings. The van der Waals surface area contributed by atoms with Crippen LogP contribution in [0.5, 0.6) is 0 Å². The fraction of sp³-hybridized carbons (Fsp3) is 0.636. The van der Waals surface area contributed by atoms with Gasteiger partial charge in [0.2, 0.25) is 5.91 Å². The van der Waals surface area contributed by atoms with E-state index in [9.17, 15) is 4.79 Å². The van der Waals surface area contributed by atoms with Crippen molar-refractivity contribution in [3.8, 4) is 0 Å². The van der Waals surface area contributed by atoms with Crippen LogP contribution in [0, 0.1) is 19.8 Å². The van der Waals surface area contributed by atoms with Crippen molar-refractivity contribution < 1.29 is 4.79 Å². The standard InChI is InChI=1S/C11H16N2O/c1-8-7-9(2)13(12-8)11(14)10-5-3-4-6-10/h7,10H,3-6H2,1-2H3. The SMILES string of the molecule is Cc1cc(C)n(C(=O)C2CCCC2)n1. The lowest BCUT2D eigenvalue weighted by Crippen LogP contribution is -2.21. The van der Waals surface area contributed by atoms with Crippen molar-refractivity contribution in [1.82, 2.24) is 9.78 Å². The molecule has 0 bridgehead atoms. The van der Waals surface area contributed by atoms with Crippen LogP contribution in [0.3, 0.4) is 0 Å². The van der Waals surface area contributed by atoms with E-state index in [-0.39, 0.29) is 11.8 Å². The maximum atomic E-state index is 12.0. The van der Waals surface area contributed by atoms with Gasteiger partial charge in [0.15, 0.2) is 0 Å². The van der Waals surface area contributed by atoms with Gasteiger partial charge in [-0.1, -0.05) is 12.8 Å². The van der Waals surface area contributed by atoms with Gasteiger partial charge in [-0.2, -0.15) is 5.10 Å². The van der Waals surface area contributed by atoms with Gasteiger partial charge < -0.3 is 0 Å². The van der Waals surface area contributed by atoms with Gasteiger partial charge in [0.25, 0.3) is 0 Å². The normalized spacial score (nSPS) is 17.6. The van der Waals surface area contributed by atoms with Crippen molar-refractivity contribution in [1.29, 1.82) is 0 Å². The Morgan fingerprint density at radius 2 is 2.07 bits per heavy atom. The molecule has 76 valence electrons. The number of rotatable bonds is 1. The zero-order valence-corrected chi connectivity index (χ0v) is 8.79. The summed E-state index contributed by atoms with van der Waals surface area (Å²) in [7, 11) is 0. The number of hydrogen-bond donors (Lipinski definition) is 0. The molecule has 1 aromatic heterocycles. The molecule has 14 heavy (non-hydrogen) atoms. The summed E-state index contributed by atoms with van der Waals surface area (Å²) in [6, 6.07) is 1.95. The molecule has 0 atom stereocenters. The Balaban J connectivity index is 2.21. The Hall–Kier alpha value is -1.12. The van der Waals surface area contributed by atoms with Crippen molar-refractivity contribution in [2.45, 2.75) is 39.5 Å². The van der Waals surface area contributed by atoms with E-state index in [0.717, 1.165) is 24.2 Å². The molecule has 3 heteroatoms. The van der Waals surface area contributed by atoms with E-state index >= 15 is 0 Å². The van der Waals surface area contributed by atoms with Crippen LogP contribution in [-0.4, -0.2) is 15.7 Å². The van der Waals surface area contributed by atoms with Crippen LogP contribution in [0.2, 0.25) is 0 Å². The molecule has 3 nitrogen and oxygen atoms in total. The van der Waals surface area contributed by atoms with Gasteiger partial charge >= 0.3 is 0 Å². The van der Waals surface area contributed by atoms with Crippen LogP contribution in [0.15, 0.2) is 6.07 Å². The predicted molar refractivity (Wildman–Crippen MR) is 54.3 cm³/mol. The minimum atomic E-state index is 0.188. The van der Waals surface area contributed by atoms with Crippen LogP contribution in [0.25, 0.3) is 0 Å². The molecule has 0 aliphatic heterocycles. The second kappa shape index (κ2) is 3.56. The molecular formula is C11H16N2O. The van der Waals surface area contributed by atoms with E-state index in [1.54, 1.807) is 4.68 Å². The molecule has 0 unspecified atom stereocenters. The van der Waals surface area contributed by atoms with E-state index in [1.165, 1.54) is 12.8 Å². The fourth-order valence-corrected chi connectivity index (χ4v) is 2.20. The molecule has 0 N–H and O–H groups in total. The largest absolute Gasteiger partial charge is 0.272 e. The number of carbonyl (C=O) groups is 1. The molecule has 0 amide bonds. The van der Waals surface area contributed by atoms with Crippen molar-refractivity contribution in [3.05, 3.63) is 17.5 Å². The third-order valence-corrected chi connectivity index (χ3v) is 2.92. The minimum absolute atomic E-state index is 0.188. The van der Waals surface area contributed by atoms with Gasteiger partial charge in [-0.05, 0) is 32.8 Å². The summed E-state index contributed by atoms with van der Waals surface area (Å²) in [5.74, 6) is 0.404. The topological polar surface area (TPSA) is 34.9 Å². The van der Waals surface area contributed by atoms with E-state index < -0.39 is 0 Å². The Morgan fingerprint density at radius 1 is 1.43 bits per heavy atom. The highest BCUT2D eigenvalue weighted by Gasteiger charge is 2.25. The van der Waals surface area contributed by atoms with Crippen LogP contribution < -0.4 is 0 Å². The molecule has 0 saturated heterocycles. The van der Waals surface area contributed by atoms with Crippen molar-refractivity contribution in [2.24, 2.45) is 5.92 Å². The smallest absolute Gasteiger partial charge is 0.250 e. The molecule has 1 saturated carbocycles. The quantitative estimate of drug-likeness (QED) is 0.684. The molecule has 1 aliphatic carbocycles. The van der Waals surface area contributed by atoms with Gasteiger partial charge in [-0.3, -0.25) is 4.79 Å². The monoisotopic (exact) mass is 192 g/mol. The molecule has 1 heterocycles. The van der Waals surface area contributed by atoms with E-state index in [0.29, 0.717) is 0 Å². The summed E-state index contributed by atoms with van der Waals surface area (Å²) in [6.07, 6.45) is 4.46. The third kappa shape index (κ3) is 1.59. The second-order valence-electron chi connectivity index (χ2n) is 4.16. The van der Waals surface area contributed by atoms with Gasteiger partial charge in [0.05, 0.1) is 5.69 Å². The van der Waals surface area contributed by atoms with Crippen LogP contribution in [0.1, 0.15) is 41.9 Å². The van der Waals surface area contributed by atoms with Gasteiger partial charge in [0, 0.05) is 11.6 Å². The first-order valence-corrected chi connectivity index (χ1v) is 5.26. The first-order valence-electron chi connectivity index (χ1n) is 5.26. The highest BCUT2D eigenvalue weighted by atomic mass is 16.2. The lowest BCUT2D eigenvalue weighted by atomic mass is 10.1. The van der Waals surface area contributed by atoms with E-state index in [1.807, 2.05) is 19.9 Å². The minimum Gasteiger partial charge on any atom is -0.272 e. The summed E-state index contributed by atoms with van der Waals surface area (Å²) in [6.45, 7) is 3.86. The third-order valence-electron chi connectivity index (χ3n) is 2.92. The molecule has 0 radical (unpaired) electrons. The number of nitrogens with zero attached hydrogens (tertiary/aromatic N) is 2. The van der Waals surface area contributed by atoms with Crippen molar-refractivity contribution in [3.63, 3.8) is 0 Å². The number of hydrogen-bond acceptors (Lipinski definition) is 2. The van der Waals surface area contributed by atoms with Crippen LogP contribution >= 0.6 is 0 Å². The van der Waals surface area contributed by atoms with Crippen LogP contribution in [0.4, 0.5) is 0 Å². The zero-order chi connectivity index (χ0) is 10.1. The summed E-state index contributed by atoms with van der Waals surface area (Å²) in [5, 5.41) is 4.22. The number of aromatic nitrogens is 2. The maximum absolute atomic E-state index is 12.0. The fourth-order valence-electron chi connectivity index (χ4n) is 2.20. The molecule has 1 aromatic rings. The summed E-state index contributed by atoms with van der Waals surface area (Å²) in [4.78, 5) is 12.0. The van der Waals surface area contributed by atoms with Crippen LogP contribution in [-0.2, 0) is 0 Å². The lowest BCUT2D eigenvalue weighted by molar-refractivity contribution is 0.0817. The number of aryl methyl sites for hydroxylation is 2. The summed E-state index contributed by atoms with van der Waals surface area (Å²) >= 11 is 0. The second-order valence-corrected chi connectivity index (χ2v) is 4.16. The number of carbonyl (C=O) groups excluding carboxylic acids is 1. The molecule has 2 rings (SSSR count). The average molecular weight is 192 g/mol. The maximum Gasteiger partial charge on any atom is 0.250 e. The van der Waals surface area contributed by atoms with E-state index in [4.69, 9.17) is 0 Å². The van der Waals surface area contributed by atoms with Gasteiger partial charge in [-0.15, -0.1) is 0 Å². The van der Waals surface area contributed by atoms with Crippen molar-refractivity contribution in [2.75, 3.05) is 0 Å².